The SMILES string of the molecule is CCCCOC(=O)C(Br)Cc1ccc(OCC2(C)CCc3c(C)c(OC(C)=O)c(C)c(C)c3O2)cc1. The minimum atomic E-state index is -0.485. The molecule has 0 spiro atoms. The lowest BCUT2D eigenvalue weighted by Gasteiger charge is -2.37. The quantitative estimate of drug-likeness (QED) is 0.146. The minimum Gasteiger partial charge on any atom is -0.489 e. The molecular weight excluding hydrogens is 524 g/mol. The van der Waals surface area contributed by atoms with Crippen LogP contribution in [0.3, 0.4) is 0 Å². The number of fused-ring (bicyclic) bond motifs is 1. The maximum absolute atomic E-state index is 12.1. The highest BCUT2D eigenvalue weighted by molar-refractivity contribution is 9.10. The summed E-state index contributed by atoms with van der Waals surface area (Å²) in [5.74, 6) is 1.71. The van der Waals surface area contributed by atoms with Gasteiger partial charge in [-0.05, 0) is 87.8 Å². The van der Waals surface area contributed by atoms with Gasteiger partial charge in [-0.3, -0.25) is 9.59 Å². The van der Waals surface area contributed by atoms with Crippen molar-refractivity contribution >= 4 is 27.9 Å². The van der Waals surface area contributed by atoms with Crippen molar-refractivity contribution in [2.45, 2.75) is 84.1 Å². The van der Waals surface area contributed by atoms with Crippen molar-refractivity contribution in [2.75, 3.05) is 13.2 Å². The Morgan fingerprint density at radius 2 is 1.81 bits per heavy atom. The molecule has 0 saturated carbocycles. The second kappa shape index (κ2) is 12.1. The van der Waals surface area contributed by atoms with Crippen LogP contribution >= 0.6 is 15.9 Å². The summed E-state index contributed by atoms with van der Waals surface area (Å²) < 4.78 is 23.4. The lowest BCUT2D eigenvalue weighted by Crippen LogP contribution is -2.42. The van der Waals surface area contributed by atoms with Crippen LogP contribution in [0.2, 0.25) is 0 Å². The maximum atomic E-state index is 12.1. The van der Waals surface area contributed by atoms with E-state index in [1.165, 1.54) is 6.92 Å². The molecule has 0 aliphatic carbocycles. The molecule has 1 aliphatic heterocycles. The Bertz CT molecular complexity index is 1090. The standard InChI is InChI=1S/C29H37BrO6/c1-7-8-15-33-28(32)25(30)16-22-9-11-23(12-10-22)34-17-29(6)14-13-24-20(4)26(35-21(5)31)18(2)19(3)27(24)36-29/h9-12,25H,7-8,13-17H2,1-6H3. The molecule has 0 amide bonds. The van der Waals surface area contributed by atoms with E-state index < -0.39 is 5.60 Å². The number of hydrogen-bond acceptors (Lipinski definition) is 6. The minimum absolute atomic E-state index is 0.229. The first-order chi connectivity index (χ1) is 17.0. The number of ether oxygens (including phenoxy) is 4. The molecule has 0 bridgehead atoms. The predicted molar refractivity (Wildman–Crippen MR) is 144 cm³/mol. The molecule has 0 aromatic heterocycles. The molecule has 2 atom stereocenters. The van der Waals surface area contributed by atoms with Gasteiger partial charge in [0, 0.05) is 12.5 Å². The number of halogens is 1. The first kappa shape index (κ1) is 28.0. The Hall–Kier alpha value is -2.54. The van der Waals surface area contributed by atoms with E-state index >= 15 is 0 Å². The fourth-order valence-corrected chi connectivity index (χ4v) is 4.84. The molecule has 0 radical (unpaired) electrons. The highest BCUT2D eigenvalue weighted by Gasteiger charge is 2.36. The van der Waals surface area contributed by atoms with Crippen molar-refractivity contribution in [3.63, 3.8) is 0 Å². The van der Waals surface area contributed by atoms with Crippen molar-refractivity contribution < 1.29 is 28.5 Å². The zero-order valence-corrected chi connectivity index (χ0v) is 23.7. The molecule has 7 heteroatoms. The van der Waals surface area contributed by atoms with E-state index in [-0.39, 0.29) is 16.8 Å². The molecule has 1 aliphatic rings. The first-order valence-corrected chi connectivity index (χ1v) is 13.5. The summed E-state index contributed by atoms with van der Waals surface area (Å²) in [5, 5.41) is 0. The van der Waals surface area contributed by atoms with Gasteiger partial charge < -0.3 is 18.9 Å². The van der Waals surface area contributed by atoms with Gasteiger partial charge >= 0.3 is 11.9 Å². The summed E-state index contributed by atoms with van der Waals surface area (Å²) in [6.07, 6.45) is 4.02. The van der Waals surface area contributed by atoms with Crippen LogP contribution in [-0.2, 0) is 27.2 Å². The monoisotopic (exact) mass is 560 g/mol. The number of benzene rings is 2. The smallest absolute Gasteiger partial charge is 0.320 e. The van der Waals surface area contributed by atoms with Crippen LogP contribution in [0.25, 0.3) is 0 Å². The number of carbonyl (C=O) groups is 2. The van der Waals surface area contributed by atoms with Crippen LogP contribution in [0, 0.1) is 20.8 Å². The normalized spacial score (nSPS) is 17.5. The molecule has 2 aromatic carbocycles. The molecule has 0 N–H and O–H groups in total. The van der Waals surface area contributed by atoms with Gasteiger partial charge in [0.15, 0.2) is 0 Å². The third-order valence-corrected chi connectivity index (χ3v) is 7.39. The Balaban J connectivity index is 1.62. The lowest BCUT2D eigenvalue weighted by atomic mass is 9.87. The van der Waals surface area contributed by atoms with Gasteiger partial charge in [0.05, 0.1) is 6.61 Å². The molecule has 196 valence electrons. The van der Waals surface area contributed by atoms with Gasteiger partial charge in [0.25, 0.3) is 0 Å². The van der Waals surface area contributed by atoms with Gasteiger partial charge in [-0.1, -0.05) is 41.4 Å². The molecule has 2 unspecified atom stereocenters. The fourth-order valence-electron chi connectivity index (χ4n) is 4.34. The molecular formula is C29H37BrO6. The third-order valence-electron chi connectivity index (χ3n) is 6.69. The molecule has 6 nitrogen and oxygen atoms in total. The third kappa shape index (κ3) is 6.81. The zero-order chi connectivity index (χ0) is 26.5. The van der Waals surface area contributed by atoms with Crippen LogP contribution in [-0.4, -0.2) is 35.6 Å². The summed E-state index contributed by atoms with van der Waals surface area (Å²) in [6.45, 7) is 12.4. The largest absolute Gasteiger partial charge is 0.489 e. The van der Waals surface area contributed by atoms with Gasteiger partial charge in [0.1, 0.15) is 34.3 Å². The van der Waals surface area contributed by atoms with E-state index in [1.54, 1.807) is 0 Å². The molecule has 2 aromatic rings. The van der Waals surface area contributed by atoms with Crippen molar-refractivity contribution in [3.05, 3.63) is 52.1 Å². The van der Waals surface area contributed by atoms with Gasteiger partial charge in [-0.15, -0.1) is 0 Å². The Morgan fingerprint density at radius 3 is 2.44 bits per heavy atom. The number of unbranched alkanes of at least 4 members (excludes halogenated alkanes) is 1. The molecule has 1 heterocycles. The molecule has 0 fully saturated rings. The van der Waals surface area contributed by atoms with Crippen molar-refractivity contribution in [2.24, 2.45) is 0 Å². The highest BCUT2D eigenvalue weighted by atomic mass is 79.9. The maximum Gasteiger partial charge on any atom is 0.320 e. The number of rotatable bonds is 10. The zero-order valence-electron chi connectivity index (χ0n) is 22.2. The predicted octanol–water partition coefficient (Wildman–Crippen LogP) is 6.35. The number of alkyl halides is 1. The summed E-state index contributed by atoms with van der Waals surface area (Å²) in [5.41, 5.74) is 4.49. The van der Waals surface area contributed by atoms with Crippen LogP contribution in [0.4, 0.5) is 0 Å². The summed E-state index contributed by atoms with van der Waals surface area (Å²) >= 11 is 3.44. The lowest BCUT2D eigenvalue weighted by molar-refractivity contribution is -0.142. The van der Waals surface area contributed by atoms with Crippen molar-refractivity contribution in [1.29, 1.82) is 0 Å². The Morgan fingerprint density at radius 1 is 1.11 bits per heavy atom. The number of hydrogen-bond donors (Lipinski definition) is 0. The Labute approximate surface area is 222 Å². The Kier molecular flexibility index (Phi) is 9.45. The van der Waals surface area contributed by atoms with Crippen molar-refractivity contribution in [1.82, 2.24) is 0 Å². The van der Waals surface area contributed by atoms with E-state index in [1.807, 2.05) is 45.0 Å². The van der Waals surface area contributed by atoms with E-state index in [0.29, 0.717) is 25.4 Å². The first-order valence-electron chi connectivity index (χ1n) is 12.6. The summed E-state index contributed by atoms with van der Waals surface area (Å²) in [4.78, 5) is 23.3. The van der Waals surface area contributed by atoms with Gasteiger partial charge in [-0.25, -0.2) is 0 Å². The second-order valence-electron chi connectivity index (χ2n) is 9.78. The summed E-state index contributed by atoms with van der Waals surface area (Å²) in [6, 6.07) is 7.77. The van der Waals surface area contributed by atoms with Crippen molar-refractivity contribution in [3.8, 4) is 17.2 Å². The van der Waals surface area contributed by atoms with Crippen LogP contribution in [0.1, 0.15) is 67.9 Å². The average molecular weight is 562 g/mol. The van der Waals surface area contributed by atoms with Crippen LogP contribution < -0.4 is 14.2 Å². The van der Waals surface area contributed by atoms with E-state index in [9.17, 15) is 9.59 Å². The van der Waals surface area contributed by atoms with Crippen LogP contribution in [0.15, 0.2) is 24.3 Å². The fraction of sp³-hybridized carbons (Fsp3) is 0.517. The molecule has 36 heavy (non-hydrogen) atoms. The average Bonchev–Trinajstić information content (AvgIpc) is 2.85. The van der Waals surface area contributed by atoms with Gasteiger partial charge in [-0.2, -0.15) is 0 Å². The topological polar surface area (TPSA) is 71.1 Å². The molecule has 0 saturated heterocycles. The number of esters is 2. The van der Waals surface area contributed by atoms with Crippen LogP contribution in [0.5, 0.6) is 17.2 Å². The van der Waals surface area contributed by atoms with Gasteiger partial charge in [0.2, 0.25) is 0 Å². The van der Waals surface area contributed by atoms with E-state index in [4.69, 9.17) is 18.9 Å². The molecule has 3 rings (SSSR count). The summed E-state index contributed by atoms with van der Waals surface area (Å²) in [7, 11) is 0. The highest BCUT2D eigenvalue weighted by Crippen LogP contribution is 2.44. The number of carbonyl (C=O) groups excluding carboxylic acids is 2. The van der Waals surface area contributed by atoms with E-state index in [0.717, 1.165) is 65.0 Å². The second-order valence-corrected chi connectivity index (χ2v) is 10.9. The van der Waals surface area contributed by atoms with E-state index in [2.05, 4.69) is 29.8 Å².